The summed E-state index contributed by atoms with van der Waals surface area (Å²) in [7, 11) is 0. The zero-order chi connectivity index (χ0) is 10.7. The third kappa shape index (κ3) is 2.54. The highest BCUT2D eigenvalue weighted by Gasteiger charge is 2.22. The van der Waals surface area contributed by atoms with E-state index in [0.717, 1.165) is 5.56 Å². The summed E-state index contributed by atoms with van der Waals surface area (Å²) in [5, 5.41) is 20.9. The van der Waals surface area contributed by atoms with Gasteiger partial charge in [-0.1, -0.05) is 0 Å². The van der Waals surface area contributed by atoms with Gasteiger partial charge in [0.1, 0.15) is 6.10 Å². The summed E-state index contributed by atoms with van der Waals surface area (Å²) in [5.74, 6) is -0.620. The molecule has 0 fully saturated rings. The molecular formula is C9H13NO3S. The number of aliphatic hydroxyl groups excluding tert-OH is 2. The van der Waals surface area contributed by atoms with Crippen LogP contribution in [0.15, 0.2) is 11.4 Å². The van der Waals surface area contributed by atoms with Crippen molar-refractivity contribution in [2.24, 2.45) is 5.73 Å². The summed E-state index contributed by atoms with van der Waals surface area (Å²) in [6.07, 6.45) is -2.37. The molecule has 0 aliphatic rings. The summed E-state index contributed by atoms with van der Waals surface area (Å²) < 4.78 is 0. The number of nitrogens with two attached hydrogens (primary N) is 1. The van der Waals surface area contributed by atoms with E-state index in [1.165, 1.54) is 11.3 Å². The van der Waals surface area contributed by atoms with Crippen LogP contribution in [-0.2, 0) is 4.79 Å². The van der Waals surface area contributed by atoms with Crippen molar-refractivity contribution in [2.45, 2.75) is 25.6 Å². The molecule has 1 aromatic heterocycles. The van der Waals surface area contributed by atoms with Gasteiger partial charge >= 0.3 is 0 Å². The second-order valence-corrected chi connectivity index (χ2v) is 4.10. The predicted molar refractivity (Wildman–Crippen MR) is 53.8 cm³/mol. The highest BCUT2D eigenvalue weighted by Crippen LogP contribution is 2.27. The summed E-state index contributed by atoms with van der Waals surface area (Å²) in [5.41, 5.74) is 5.82. The fourth-order valence-electron chi connectivity index (χ4n) is 1.18. The highest BCUT2D eigenvalue weighted by atomic mass is 32.1. The summed E-state index contributed by atoms with van der Waals surface area (Å²) in [6.45, 7) is 1.84. The molecule has 4 N–H and O–H groups in total. The SMILES string of the molecule is Cc1ccsc1C(O)C(O)CC(N)=O. The van der Waals surface area contributed by atoms with Crippen molar-refractivity contribution in [3.63, 3.8) is 0 Å². The molecule has 78 valence electrons. The van der Waals surface area contributed by atoms with Gasteiger partial charge in [-0.15, -0.1) is 11.3 Å². The van der Waals surface area contributed by atoms with E-state index in [1.54, 1.807) is 0 Å². The maximum Gasteiger partial charge on any atom is 0.220 e. The molecule has 0 aliphatic carbocycles. The minimum Gasteiger partial charge on any atom is -0.389 e. The molecule has 1 amide bonds. The maximum atomic E-state index is 10.5. The molecule has 5 heteroatoms. The van der Waals surface area contributed by atoms with Gasteiger partial charge in [0, 0.05) is 4.88 Å². The van der Waals surface area contributed by atoms with Gasteiger partial charge in [-0.2, -0.15) is 0 Å². The Morgan fingerprint density at radius 2 is 2.29 bits per heavy atom. The van der Waals surface area contributed by atoms with Crippen molar-refractivity contribution in [1.29, 1.82) is 0 Å². The first-order valence-electron chi connectivity index (χ1n) is 4.20. The van der Waals surface area contributed by atoms with Gasteiger partial charge in [0.25, 0.3) is 0 Å². The minimum atomic E-state index is -1.12. The van der Waals surface area contributed by atoms with Gasteiger partial charge in [0.05, 0.1) is 12.5 Å². The standard InChI is InChI=1S/C9H13NO3S/c1-5-2-3-14-9(5)8(13)6(11)4-7(10)12/h2-3,6,8,11,13H,4H2,1H3,(H2,10,12). The molecule has 2 atom stereocenters. The van der Waals surface area contributed by atoms with Crippen LogP contribution in [0.1, 0.15) is 23.0 Å². The van der Waals surface area contributed by atoms with Crippen LogP contribution in [0.25, 0.3) is 0 Å². The average Bonchev–Trinajstić information content (AvgIpc) is 2.48. The summed E-state index contributed by atoms with van der Waals surface area (Å²) in [4.78, 5) is 11.2. The number of carbonyl (C=O) groups is 1. The largest absolute Gasteiger partial charge is 0.389 e. The number of carbonyl (C=O) groups excluding carboxylic acids is 1. The van der Waals surface area contributed by atoms with Crippen LogP contribution in [0.5, 0.6) is 0 Å². The van der Waals surface area contributed by atoms with Gasteiger partial charge in [-0.25, -0.2) is 0 Å². The van der Waals surface area contributed by atoms with E-state index < -0.39 is 18.1 Å². The van der Waals surface area contributed by atoms with Crippen molar-refractivity contribution >= 4 is 17.2 Å². The zero-order valence-electron chi connectivity index (χ0n) is 7.80. The normalized spacial score (nSPS) is 15.1. The van der Waals surface area contributed by atoms with Gasteiger partial charge in [0.2, 0.25) is 5.91 Å². The Balaban J connectivity index is 2.70. The summed E-state index contributed by atoms with van der Waals surface area (Å²) >= 11 is 1.35. The molecule has 0 radical (unpaired) electrons. The first-order valence-corrected chi connectivity index (χ1v) is 5.08. The quantitative estimate of drug-likeness (QED) is 0.676. The fourth-order valence-corrected chi connectivity index (χ4v) is 2.15. The lowest BCUT2D eigenvalue weighted by Crippen LogP contribution is -2.25. The molecule has 4 nitrogen and oxygen atoms in total. The lowest BCUT2D eigenvalue weighted by Gasteiger charge is -2.15. The minimum absolute atomic E-state index is 0.224. The van der Waals surface area contributed by atoms with Crippen LogP contribution in [0.3, 0.4) is 0 Å². The molecule has 2 unspecified atom stereocenters. The van der Waals surface area contributed by atoms with Crippen LogP contribution in [-0.4, -0.2) is 22.2 Å². The first-order chi connectivity index (χ1) is 6.52. The number of hydrogen-bond donors (Lipinski definition) is 3. The van der Waals surface area contributed by atoms with Crippen LogP contribution in [0.4, 0.5) is 0 Å². The first kappa shape index (κ1) is 11.2. The van der Waals surface area contributed by atoms with Crippen molar-refractivity contribution in [3.05, 3.63) is 21.9 Å². The molecular weight excluding hydrogens is 202 g/mol. The Morgan fingerprint density at radius 1 is 1.64 bits per heavy atom. The van der Waals surface area contributed by atoms with Gasteiger partial charge in [0.15, 0.2) is 0 Å². The van der Waals surface area contributed by atoms with Crippen LogP contribution >= 0.6 is 11.3 Å². The van der Waals surface area contributed by atoms with Gasteiger partial charge < -0.3 is 15.9 Å². The highest BCUT2D eigenvalue weighted by molar-refractivity contribution is 7.10. The van der Waals surface area contributed by atoms with E-state index in [9.17, 15) is 15.0 Å². The fraction of sp³-hybridized carbons (Fsp3) is 0.444. The van der Waals surface area contributed by atoms with E-state index in [2.05, 4.69) is 0 Å². The van der Waals surface area contributed by atoms with Crippen molar-refractivity contribution in [1.82, 2.24) is 0 Å². The van der Waals surface area contributed by atoms with Crippen LogP contribution in [0, 0.1) is 6.92 Å². The zero-order valence-corrected chi connectivity index (χ0v) is 8.62. The third-order valence-electron chi connectivity index (χ3n) is 1.95. The second-order valence-electron chi connectivity index (χ2n) is 3.15. The number of rotatable bonds is 4. The average molecular weight is 215 g/mol. The maximum absolute atomic E-state index is 10.5. The molecule has 0 saturated carbocycles. The number of aryl methyl sites for hydroxylation is 1. The van der Waals surface area contributed by atoms with E-state index in [1.807, 2.05) is 18.4 Å². The molecule has 0 spiro atoms. The van der Waals surface area contributed by atoms with Gasteiger partial charge in [-0.3, -0.25) is 4.79 Å². The number of amides is 1. The Labute approximate surface area is 86.0 Å². The molecule has 0 aromatic carbocycles. The van der Waals surface area contributed by atoms with E-state index in [-0.39, 0.29) is 6.42 Å². The van der Waals surface area contributed by atoms with Gasteiger partial charge in [-0.05, 0) is 23.9 Å². The van der Waals surface area contributed by atoms with E-state index in [0.29, 0.717) is 4.88 Å². The Morgan fingerprint density at radius 3 is 2.71 bits per heavy atom. The third-order valence-corrected chi connectivity index (χ3v) is 3.03. The lowest BCUT2D eigenvalue weighted by atomic mass is 10.1. The Kier molecular flexibility index (Phi) is 3.62. The molecule has 1 aromatic rings. The number of aliphatic hydroxyl groups is 2. The van der Waals surface area contributed by atoms with Crippen molar-refractivity contribution < 1.29 is 15.0 Å². The van der Waals surface area contributed by atoms with E-state index in [4.69, 9.17) is 5.73 Å². The van der Waals surface area contributed by atoms with Crippen molar-refractivity contribution in [2.75, 3.05) is 0 Å². The summed E-state index contributed by atoms with van der Waals surface area (Å²) in [6, 6.07) is 1.85. The Bertz CT molecular complexity index is 324. The Hall–Kier alpha value is -0.910. The lowest BCUT2D eigenvalue weighted by molar-refractivity contribution is -0.121. The molecule has 1 heterocycles. The number of thiophene rings is 1. The van der Waals surface area contributed by atoms with Crippen LogP contribution < -0.4 is 5.73 Å². The predicted octanol–water partition coefficient (Wildman–Crippen LogP) is 0.326. The number of hydrogen-bond acceptors (Lipinski definition) is 4. The smallest absolute Gasteiger partial charge is 0.220 e. The van der Waals surface area contributed by atoms with Crippen molar-refractivity contribution in [3.8, 4) is 0 Å². The molecule has 1 rings (SSSR count). The molecule has 14 heavy (non-hydrogen) atoms. The second kappa shape index (κ2) is 4.54. The molecule has 0 bridgehead atoms. The molecule has 0 saturated heterocycles. The topological polar surface area (TPSA) is 83.6 Å². The number of primary amides is 1. The van der Waals surface area contributed by atoms with E-state index >= 15 is 0 Å². The monoisotopic (exact) mass is 215 g/mol. The van der Waals surface area contributed by atoms with Crippen LogP contribution in [0.2, 0.25) is 0 Å². The molecule has 0 aliphatic heterocycles.